The number of carbonyl (C=O) groups is 2. The van der Waals surface area contributed by atoms with Crippen LogP contribution in [0.3, 0.4) is 0 Å². The van der Waals surface area contributed by atoms with Gasteiger partial charge in [0.15, 0.2) is 11.5 Å². The summed E-state index contributed by atoms with van der Waals surface area (Å²) in [6.07, 6.45) is 0. The molecule has 8 heteroatoms. The summed E-state index contributed by atoms with van der Waals surface area (Å²) < 4.78 is 10.8. The van der Waals surface area contributed by atoms with Gasteiger partial charge in [0.25, 0.3) is 0 Å². The Kier molecular flexibility index (Phi) is 8.09. The Bertz CT molecular complexity index is 749. The molecule has 2 aromatic rings. The molecule has 2 N–H and O–H groups in total. The third kappa shape index (κ3) is 6.92. The third-order valence-electron chi connectivity index (χ3n) is 3.65. The van der Waals surface area contributed by atoms with Gasteiger partial charge in [0, 0.05) is 11.4 Å². The van der Waals surface area contributed by atoms with Crippen LogP contribution in [0.25, 0.3) is 0 Å². The summed E-state index contributed by atoms with van der Waals surface area (Å²) in [7, 11) is 3.40. The summed E-state index contributed by atoms with van der Waals surface area (Å²) in [5.41, 5.74) is 0.979. The molecular weight excluding hydrogens is 366 g/mol. The number of amides is 3. The first-order chi connectivity index (χ1) is 13.0. The third-order valence-corrected chi connectivity index (χ3v) is 4.53. The van der Waals surface area contributed by atoms with E-state index in [0.717, 1.165) is 10.4 Å². The number of hydrogen-bond acceptors (Lipinski definition) is 6. The Morgan fingerprint density at radius 2 is 2.04 bits per heavy atom. The molecule has 0 spiro atoms. The van der Waals surface area contributed by atoms with Crippen molar-refractivity contribution in [3.05, 3.63) is 46.2 Å². The quantitative estimate of drug-likeness (QED) is 0.687. The second-order valence-electron chi connectivity index (χ2n) is 5.90. The number of rotatable bonds is 9. The van der Waals surface area contributed by atoms with Gasteiger partial charge in [-0.15, -0.1) is 11.3 Å². The number of hydrogen-bond donors (Lipinski definition) is 2. The largest absolute Gasteiger partial charge is 0.493 e. The highest BCUT2D eigenvalue weighted by Gasteiger charge is 2.12. The molecule has 0 saturated heterocycles. The van der Waals surface area contributed by atoms with E-state index in [1.165, 1.54) is 0 Å². The second kappa shape index (κ2) is 10.5. The molecule has 3 amide bonds. The van der Waals surface area contributed by atoms with Crippen LogP contribution >= 0.6 is 11.3 Å². The molecule has 1 aromatic carbocycles. The second-order valence-corrected chi connectivity index (χ2v) is 6.93. The summed E-state index contributed by atoms with van der Waals surface area (Å²) in [4.78, 5) is 26.6. The van der Waals surface area contributed by atoms with Crippen LogP contribution in [-0.4, -0.2) is 44.1 Å². The van der Waals surface area contributed by atoms with Crippen LogP contribution in [0.5, 0.6) is 11.5 Å². The fourth-order valence-electron chi connectivity index (χ4n) is 2.49. The minimum atomic E-state index is -0.496. The van der Waals surface area contributed by atoms with E-state index in [1.54, 1.807) is 18.4 Å². The lowest BCUT2D eigenvalue weighted by atomic mass is 10.2. The highest BCUT2D eigenvalue weighted by molar-refractivity contribution is 7.09. The first kappa shape index (κ1) is 20.7. The van der Waals surface area contributed by atoms with Crippen molar-refractivity contribution in [2.75, 3.05) is 27.3 Å². The molecule has 0 radical (unpaired) electrons. The monoisotopic (exact) mass is 391 g/mol. The van der Waals surface area contributed by atoms with Crippen LogP contribution in [0, 0.1) is 0 Å². The maximum absolute atomic E-state index is 12.0. The van der Waals surface area contributed by atoms with Gasteiger partial charge in [-0.2, -0.15) is 0 Å². The minimum Gasteiger partial charge on any atom is -0.493 e. The van der Waals surface area contributed by atoms with Crippen molar-refractivity contribution in [1.29, 1.82) is 0 Å². The molecule has 0 unspecified atom stereocenters. The molecule has 0 atom stereocenters. The Morgan fingerprint density at radius 3 is 2.70 bits per heavy atom. The van der Waals surface area contributed by atoms with Gasteiger partial charge in [-0.05, 0) is 43.1 Å². The molecular formula is C19H25N3O4S. The van der Waals surface area contributed by atoms with Crippen LogP contribution in [0.4, 0.5) is 4.79 Å². The fraction of sp³-hybridized carbons (Fsp3) is 0.368. The number of nitrogens with one attached hydrogen (secondary N) is 2. The van der Waals surface area contributed by atoms with Gasteiger partial charge in [0.05, 0.1) is 26.8 Å². The molecule has 0 aliphatic carbocycles. The Balaban J connectivity index is 1.79. The molecule has 1 aromatic heterocycles. The molecule has 0 aliphatic rings. The Labute approximate surface area is 163 Å². The summed E-state index contributed by atoms with van der Waals surface area (Å²) in [6, 6.07) is 9.00. The molecule has 2 rings (SSSR count). The van der Waals surface area contributed by atoms with Crippen LogP contribution in [0.15, 0.2) is 35.7 Å². The van der Waals surface area contributed by atoms with E-state index in [9.17, 15) is 9.59 Å². The summed E-state index contributed by atoms with van der Waals surface area (Å²) in [6.45, 7) is 3.51. The van der Waals surface area contributed by atoms with Crippen molar-refractivity contribution < 1.29 is 19.1 Å². The zero-order chi connectivity index (χ0) is 19.6. The Hall–Kier alpha value is -2.58. The van der Waals surface area contributed by atoms with Crippen LogP contribution in [0.1, 0.15) is 17.4 Å². The van der Waals surface area contributed by atoms with E-state index in [2.05, 4.69) is 10.6 Å². The predicted molar refractivity (Wildman–Crippen MR) is 105 cm³/mol. The Morgan fingerprint density at radius 1 is 1.22 bits per heavy atom. The van der Waals surface area contributed by atoms with Gasteiger partial charge in [-0.1, -0.05) is 12.1 Å². The fourth-order valence-corrected chi connectivity index (χ4v) is 3.13. The van der Waals surface area contributed by atoms with E-state index in [1.807, 2.05) is 54.6 Å². The van der Waals surface area contributed by atoms with Gasteiger partial charge in [0.2, 0.25) is 5.91 Å². The van der Waals surface area contributed by atoms with Crippen molar-refractivity contribution in [3.8, 4) is 11.5 Å². The number of methoxy groups -OCH3 is 1. The molecule has 0 fully saturated rings. The molecule has 1 heterocycles. The first-order valence-electron chi connectivity index (χ1n) is 8.60. The highest BCUT2D eigenvalue weighted by atomic mass is 32.1. The number of imide groups is 1. The standard InChI is InChI=1S/C19H25N3O4S/c1-4-26-16-8-7-14(10-17(16)25-3)12-22(2)13-18(23)21-19(24)20-11-15-6-5-9-27-15/h5-10H,4,11-13H2,1-3H3,(H2,20,21,23,24). The van der Waals surface area contributed by atoms with E-state index in [0.29, 0.717) is 31.2 Å². The topological polar surface area (TPSA) is 79.9 Å². The number of thiophene rings is 1. The number of urea groups is 1. The molecule has 146 valence electrons. The predicted octanol–water partition coefficient (Wildman–Crippen LogP) is 2.61. The van der Waals surface area contributed by atoms with Gasteiger partial charge >= 0.3 is 6.03 Å². The number of nitrogens with zero attached hydrogens (tertiary/aromatic N) is 1. The van der Waals surface area contributed by atoms with E-state index < -0.39 is 6.03 Å². The van der Waals surface area contributed by atoms with Crippen molar-refractivity contribution in [1.82, 2.24) is 15.5 Å². The lowest BCUT2D eigenvalue weighted by Crippen LogP contribution is -2.43. The number of carbonyl (C=O) groups excluding carboxylic acids is 2. The van der Waals surface area contributed by atoms with E-state index >= 15 is 0 Å². The zero-order valence-electron chi connectivity index (χ0n) is 15.8. The van der Waals surface area contributed by atoms with Crippen molar-refractivity contribution in [2.45, 2.75) is 20.0 Å². The molecule has 27 heavy (non-hydrogen) atoms. The summed E-state index contributed by atoms with van der Waals surface area (Å²) in [5, 5.41) is 6.93. The van der Waals surface area contributed by atoms with Crippen molar-refractivity contribution in [2.24, 2.45) is 0 Å². The smallest absolute Gasteiger partial charge is 0.321 e. The SMILES string of the molecule is CCOc1ccc(CN(C)CC(=O)NC(=O)NCc2cccs2)cc1OC. The average Bonchev–Trinajstić information content (AvgIpc) is 3.14. The summed E-state index contributed by atoms with van der Waals surface area (Å²) in [5.74, 6) is 0.978. The van der Waals surface area contributed by atoms with Crippen LogP contribution in [-0.2, 0) is 17.9 Å². The van der Waals surface area contributed by atoms with Crippen molar-refractivity contribution in [3.63, 3.8) is 0 Å². The molecule has 7 nitrogen and oxygen atoms in total. The maximum atomic E-state index is 12.0. The average molecular weight is 391 g/mol. The number of likely N-dealkylation sites (N-methyl/N-ethyl adjacent to an activating group) is 1. The number of ether oxygens (including phenoxy) is 2. The van der Waals surface area contributed by atoms with Gasteiger partial charge in [-0.3, -0.25) is 15.0 Å². The molecule has 0 aliphatic heterocycles. The zero-order valence-corrected chi connectivity index (χ0v) is 16.6. The van der Waals surface area contributed by atoms with Gasteiger partial charge in [0.1, 0.15) is 0 Å². The van der Waals surface area contributed by atoms with Crippen molar-refractivity contribution >= 4 is 23.3 Å². The molecule has 0 saturated carbocycles. The minimum absolute atomic E-state index is 0.0992. The van der Waals surface area contributed by atoms with Gasteiger partial charge in [-0.25, -0.2) is 4.79 Å². The highest BCUT2D eigenvalue weighted by Crippen LogP contribution is 2.28. The van der Waals surface area contributed by atoms with E-state index in [-0.39, 0.29) is 12.5 Å². The van der Waals surface area contributed by atoms with Gasteiger partial charge < -0.3 is 14.8 Å². The molecule has 0 bridgehead atoms. The number of benzene rings is 1. The summed E-state index contributed by atoms with van der Waals surface area (Å²) >= 11 is 1.55. The van der Waals surface area contributed by atoms with Crippen LogP contribution in [0.2, 0.25) is 0 Å². The lowest BCUT2D eigenvalue weighted by molar-refractivity contribution is -0.120. The maximum Gasteiger partial charge on any atom is 0.321 e. The lowest BCUT2D eigenvalue weighted by Gasteiger charge is -2.17. The normalized spacial score (nSPS) is 10.5. The first-order valence-corrected chi connectivity index (χ1v) is 9.48. The van der Waals surface area contributed by atoms with E-state index in [4.69, 9.17) is 9.47 Å². The van der Waals surface area contributed by atoms with Crippen LogP contribution < -0.4 is 20.1 Å².